The first-order valence-electron chi connectivity index (χ1n) is 7.96. The van der Waals surface area contributed by atoms with E-state index in [1.54, 1.807) is 6.07 Å². The summed E-state index contributed by atoms with van der Waals surface area (Å²) in [5.74, 6) is 0.528. The van der Waals surface area contributed by atoms with E-state index >= 15 is 0 Å². The smallest absolute Gasteiger partial charge is 0.251 e. The average Bonchev–Trinajstić information content (AvgIpc) is 2.85. The maximum absolute atomic E-state index is 12.4. The fraction of sp³-hybridized carbons (Fsp3) is 0.562. The van der Waals surface area contributed by atoms with Crippen molar-refractivity contribution in [1.82, 2.24) is 5.32 Å². The minimum Gasteiger partial charge on any atom is -0.490 e. The van der Waals surface area contributed by atoms with E-state index in [1.165, 1.54) is 6.07 Å². The SMILES string of the molecule is CCCOc1c(Cl)cc(C(=O)N[C@H]2CCS(=O)(=O)C2)cc1OCC. The Hall–Kier alpha value is -1.47. The standard InChI is InChI=1S/C16H22ClNO5S/c1-3-6-23-15-13(17)8-11(9-14(15)22-4-2)16(19)18-12-5-7-24(20,21)10-12/h8-9,12H,3-7,10H2,1-2H3,(H,18,19)/t12-/m0/s1. The van der Waals surface area contributed by atoms with E-state index in [-0.39, 0.29) is 23.5 Å². The van der Waals surface area contributed by atoms with E-state index in [0.717, 1.165) is 6.42 Å². The summed E-state index contributed by atoms with van der Waals surface area (Å²) < 4.78 is 34.1. The number of hydrogen-bond acceptors (Lipinski definition) is 5. The van der Waals surface area contributed by atoms with E-state index in [1.807, 2.05) is 13.8 Å². The van der Waals surface area contributed by atoms with E-state index < -0.39 is 9.84 Å². The molecule has 1 aliphatic heterocycles. The van der Waals surface area contributed by atoms with Crippen molar-refractivity contribution in [2.24, 2.45) is 0 Å². The molecular weight excluding hydrogens is 354 g/mol. The Bertz CT molecular complexity index is 705. The first-order chi connectivity index (χ1) is 11.4. The Morgan fingerprint density at radius 3 is 2.67 bits per heavy atom. The number of sulfone groups is 1. The molecule has 1 N–H and O–H groups in total. The molecule has 1 fully saturated rings. The number of amides is 1. The highest BCUT2D eigenvalue weighted by Crippen LogP contribution is 2.37. The predicted molar refractivity (Wildman–Crippen MR) is 92.9 cm³/mol. The molecule has 2 rings (SSSR count). The third-order valence-corrected chi connectivity index (χ3v) is 5.64. The second-order valence-electron chi connectivity index (χ2n) is 5.64. The molecule has 1 aromatic rings. The Morgan fingerprint density at radius 1 is 1.33 bits per heavy atom. The van der Waals surface area contributed by atoms with Gasteiger partial charge in [0, 0.05) is 11.6 Å². The zero-order valence-corrected chi connectivity index (χ0v) is 15.4. The van der Waals surface area contributed by atoms with E-state index in [9.17, 15) is 13.2 Å². The molecule has 8 heteroatoms. The Labute approximate surface area is 147 Å². The normalized spacial score (nSPS) is 19.0. The van der Waals surface area contributed by atoms with Gasteiger partial charge in [-0.2, -0.15) is 0 Å². The molecule has 0 aliphatic carbocycles. The molecule has 0 unspecified atom stereocenters. The second-order valence-corrected chi connectivity index (χ2v) is 8.28. The Kier molecular flexibility index (Phi) is 6.34. The van der Waals surface area contributed by atoms with Gasteiger partial charge in [0.1, 0.15) is 0 Å². The lowest BCUT2D eigenvalue weighted by Gasteiger charge is -2.16. The van der Waals surface area contributed by atoms with Gasteiger partial charge in [-0.15, -0.1) is 0 Å². The summed E-state index contributed by atoms with van der Waals surface area (Å²) in [4.78, 5) is 12.4. The molecule has 0 bridgehead atoms. The monoisotopic (exact) mass is 375 g/mol. The van der Waals surface area contributed by atoms with Gasteiger partial charge in [-0.3, -0.25) is 4.79 Å². The summed E-state index contributed by atoms with van der Waals surface area (Å²) in [5.41, 5.74) is 0.316. The molecule has 1 atom stereocenters. The van der Waals surface area contributed by atoms with Crippen molar-refractivity contribution >= 4 is 27.3 Å². The molecule has 0 radical (unpaired) electrons. The third-order valence-electron chi connectivity index (χ3n) is 3.59. The minimum atomic E-state index is -3.05. The van der Waals surface area contributed by atoms with Crippen molar-refractivity contribution in [2.75, 3.05) is 24.7 Å². The third kappa shape index (κ3) is 4.77. The number of rotatable bonds is 7. The second kappa shape index (κ2) is 8.07. The van der Waals surface area contributed by atoms with Gasteiger partial charge < -0.3 is 14.8 Å². The molecule has 134 valence electrons. The van der Waals surface area contributed by atoms with Crippen LogP contribution in [0.2, 0.25) is 5.02 Å². The Morgan fingerprint density at radius 2 is 2.08 bits per heavy atom. The van der Waals surface area contributed by atoms with Crippen molar-refractivity contribution in [3.63, 3.8) is 0 Å². The molecular formula is C16H22ClNO5S. The van der Waals surface area contributed by atoms with Crippen LogP contribution in [0.25, 0.3) is 0 Å². The number of benzene rings is 1. The van der Waals surface area contributed by atoms with E-state index in [0.29, 0.717) is 41.7 Å². The number of carbonyl (C=O) groups excluding carboxylic acids is 1. The maximum Gasteiger partial charge on any atom is 0.251 e. The summed E-state index contributed by atoms with van der Waals surface area (Å²) in [5, 5.41) is 3.03. The van der Waals surface area contributed by atoms with Crippen LogP contribution in [0.3, 0.4) is 0 Å². The molecule has 6 nitrogen and oxygen atoms in total. The number of nitrogens with one attached hydrogen (secondary N) is 1. The van der Waals surface area contributed by atoms with Crippen molar-refractivity contribution < 1.29 is 22.7 Å². The molecule has 0 spiro atoms. The number of carbonyl (C=O) groups is 1. The summed E-state index contributed by atoms with van der Waals surface area (Å²) in [6.45, 7) is 4.70. The number of hydrogen-bond donors (Lipinski definition) is 1. The first kappa shape index (κ1) is 18.9. The van der Waals surface area contributed by atoms with Crippen molar-refractivity contribution in [2.45, 2.75) is 32.7 Å². The van der Waals surface area contributed by atoms with Crippen molar-refractivity contribution in [3.8, 4) is 11.5 Å². The van der Waals surface area contributed by atoms with Crippen LogP contribution in [-0.4, -0.2) is 45.1 Å². The number of ether oxygens (including phenoxy) is 2. The zero-order chi connectivity index (χ0) is 17.7. The van der Waals surface area contributed by atoms with Gasteiger partial charge in [0.15, 0.2) is 21.3 Å². The van der Waals surface area contributed by atoms with Gasteiger partial charge in [-0.25, -0.2) is 8.42 Å². The van der Waals surface area contributed by atoms with Gasteiger partial charge >= 0.3 is 0 Å². The zero-order valence-electron chi connectivity index (χ0n) is 13.8. The van der Waals surface area contributed by atoms with Crippen molar-refractivity contribution in [3.05, 3.63) is 22.7 Å². The highest BCUT2D eigenvalue weighted by Gasteiger charge is 2.29. The lowest BCUT2D eigenvalue weighted by atomic mass is 10.1. The van der Waals surface area contributed by atoms with Gasteiger partial charge in [0.05, 0.1) is 29.7 Å². The molecule has 1 amide bonds. The quantitative estimate of drug-likeness (QED) is 0.791. The Balaban J connectivity index is 2.18. The van der Waals surface area contributed by atoms with Crippen LogP contribution in [0.1, 0.15) is 37.0 Å². The van der Waals surface area contributed by atoms with Crippen LogP contribution >= 0.6 is 11.6 Å². The highest BCUT2D eigenvalue weighted by molar-refractivity contribution is 7.91. The largest absolute Gasteiger partial charge is 0.490 e. The summed E-state index contributed by atoms with van der Waals surface area (Å²) in [7, 11) is -3.05. The number of halogens is 1. The summed E-state index contributed by atoms with van der Waals surface area (Å²) in [6.07, 6.45) is 1.25. The van der Waals surface area contributed by atoms with E-state index in [2.05, 4.69) is 5.32 Å². The van der Waals surface area contributed by atoms with Crippen LogP contribution in [-0.2, 0) is 9.84 Å². The van der Waals surface area contributed by atoms with Crippen LogP contribution < -0.4 is 14.8 Å². The summed E-state index contributed by atoms with van der Waals surface area (Å²) in [6, 6.07) is 2.71. The van der Waals surface area contributed by atoms with Gasteiger partial charge in [-0.05, 0) is 31.9 Å². The molecule has 1 saturated heterocycles. The van der Waals surface area contributed by atoms with Gasteiger partial charge in [0.25, 0.3) is 5.91 Å². The molecule has 0 aromatic heterocycles. The predicted octanol–water partition coefficient (Wildman–Crippen LogP) is 2.44. The summed E-state index contributed by atoms with van der Waals surface area (Å²) >= 11 is 6.23. The van der Waals surface area contributed by atoms with Gasteiger partial charge in [-0.1, -0.05) is 18.5 Å². The van der Waals surface area contributed by atoms with E-state index in [4.69, 9.17) is 21.1 Å². The van der Waals surface area contributed by atoms with Crippen molar-refractivity contribution in [1.29, 1.82) is 0 Å². The highest BCUT2D eigenvalue weighted by atomic mass is 35.5. The lowest BCUT2D eigenvalue weighted by molar-refractivity contribution is 0.0940. The molecule has 24 heavy (non-hydrogen) atoms. The molecule has 0 saturated carbocycles. The lowest BCUT2D eigenvalue weighted by Crippen LogP contribution is -2.35. The van der Waals surface area contributed by atoms with Gasteiger partial charge in [0.2, 0.25) is 0 Å². The van der Waals surface area contributed by atoms with Crippen LogP contribution in [0.5, 0.6) is 11.5 Å². The first-order valence-corrected chi connectivity index (χ1v) is 10.2. The molecule has 1 aliphatic rings. The molecule has 1 heterocycles. The topological polar surface area (TPSA) is 81.7 Å². The average molecular weight is 376 g/mol. The molecule has 1 aromatic carbocycles. The van der Waals surface area contributed by atoms with Crippen LogP contribution in [0.15, 0.2) is 12.1 Å². The van der Waals surface area contributed by atoms with Crippen LogP contribution in [0.4, 0.5) is 0 Å². The van der Waals surface area contributed by atoms with Crippen LogP contribution in [0, 0.1) is 0 Å². The maximum atomic E-state index is 12.4. The fourth-order valence-electron chi connectivity index (χ4n) is 2.48. The fourth-order valence-corrected chi connectivity index (χ4v) is 4.42. The minimum absolute atomic E-state index is 0.0253.